The summed E-state index contributed by atoms with van der Waals surface area (Å²) in [6.45, 7) is 4.52. The van der Waals surface area contributed by atoms with Crippen molar-refractivity contribution in [1.29, 1.82) is 0 Å². The van der Waals surface area contributed by atoms with Gasteiger partial charge in [0.2, 0.25) is 0 Å². The van der Waals surface area contributed by atoms with E-state index in [1.807, 2.05) is 0 Å². The number of aromatic amines is 1. The Bertz CT molecular complexity index is 365. The summed E-state index contributed by atoms with van der Waals surface area (Å²) in [7, 11) is 0. The second-order valence-corrected chi connectivity index (χ2v) is 5.21. The van der Waals surface area contributed by atoms with E-state index in [9.17, 15) is 0 Å². The van der Waals surface area contributed by atoms with Gasteiger partial charge in [0.1, 0.15) is 0 Å². The molecule has 2 heterocycles. The molecule has 1 aromatic rings. The van der Waals surface area contributed by atoms with Crippen molar-refractivity contribution in [1.82, 2.24) is 15.5 Å². The fourth-order valence-corrected chi connectivity index (χ4v) is 2.76. The molecule has 1 fully saturated rings. The van der Waals surface area contributed by atoms with E-state index in [1.165, 1.54) is 30.5 Å². The van der Waals surface area contributed by atoms with Crippen LogP contribution < -0.4 is 10.6 Å². The SMILES string of the molecule is CC1CCc2[nH]nc(NC3CCNC3)c2C1. The number of hydrogen-bond acceptors (Lipinski definition) is 3. The van der Waals surface area contributed by atoms with Gasteiger partial charge in [0.25, 0.3) is 0 Å². The van der Waals surface area contributed by atoms with Crippen LogP contribution in [0.25, 0.3) is 0 Å². The number of hydrogen-bond donors (Lipinski definition) is 3. The van der Waals surface area contributed by atoms with Gasteiger partial charge in [-0.15, -0.1) is 0 Å². The molecule has 0 bridgehead atoms. The monoisotopic (exact) mass is 220 g/mol. The standard InChI is InChI=1S/C12H20N4/c1-8-2-3-11-10(6-8)12(16-15-11)14-9-4-5-13-7-9/h8-9,13H,2-7H2,1H3,(H2,14,15,16). The summed E-state index contributed by atoms with van der Waals surface area (Å²) < 4.78 is 0. The van der Waals surface area contributed by atoms with Crippen molar-refractivity contribution < 1.29 is 0 Å². The van der Waals surface area contributed by atoms with E-state index in [0.717, 1.165) is 31.2 Å². The van der Waals surface area contributed by atoms with Crippen molar-refractivity contribution >= 4 is 5.82 Å². The number of nitrogens with zero attached hydrogens (tertiary/aromatic N) is 1. The summed E-state index contributed by atoms with van der Waals surface area (Å²) in [6, 6.07) is 0.560. The molecule has 0 saturated carbocycles. The molecule has 88 valence electrons. The Morgan fingerprint density at radius 1 is 1.38 bits per heavy atom. The predicted octanol–water partition coefficient (Wildman–Crippen LogP) is 1.31. The minimum Gasteiger partial charge on any atom is -0.364 e. The van der Waals surface area contributed by atoms with Crippen LogP contribution in [0.2, 0.25) is 0 Å². The molecule has 0 aromatic carbocycles. The molecule has 3 rings (SSSR count). The van der Waals surface area contributed by atoms with Crippen LogP contribution in [0.3, 0.4) is 0 Å². The lowest BCUT2D eigenvalue weighted by Crippen LogP contribution is -2.23. The summed E-state index contributed by atoms with van der Waals surface area (Å²) in [5.74, 6) is 1.91. The van der Waals surface area contributed by atoms with Crippen LogP contribution in [0.4, 0.5) is 5.82 Å². The van der Waals surface area contributed by atoms with E-state index in [2.05, 4.69) is 27.8 Å². The maximum Gasteiger partial charge on any atom is 0.151 e. The zero-order valence-corrected chi connectivity index (χ0v) is 9.84. The predicted molar refractivity (Wildman–Crippen MR) is 64.7 cm³/mol. The van der Waals surface area contributed by atoms with Gasteiger partial charge >= 0.3 is 0 Å². The van der Waals surface area contributed by atoms with Crippen LogP contribution in [0, 0.1) is 5.92 Å². The fraction of sp³-hybridized carbons (Fsp3) is 0.750. The molecule has 4 nitrogen and oxygen atoms in total. The first kappa shape index (κ1) is 10.1. The lowest BCUT2D eigenvalue weighted by atomic mass is 9.89. The number of aromatic nitrogens is 2. The molecule has 3 N–H and O–H groups in total. The van der Waals surface area contributed by atoms with Crippen molar-refractivity contribution in [2.24, 2.45) is 5.92 Å². The highest BCUT2D eigenvalue weighted by atomic mass is 15.2. The van der Waals surface area contributed by atoms with Crippen molar-refractivity contribution in [2.75, 3.05) is 18.4 Å². The molecule has 0 spiro atoms. The molecule has 1 aromatic heterocycles. The number of H-pyrrole nitrogens is 1. The van der Waals surface area contributed by atoms with E-state index in [0.29, 0.717) is 6.04 Å². The van der Waals surface area contributed by atoms with Crippen LogP contribution in [-0.2, 0) is 12.8 Å². The lowest BCUT2D eigenvalue weighted by molar-refractivity contribution is 0.498. The summed E-state index contributed by atoms with van der Waals surface area (Å²) in [5, 5.41) is 14.6. The maximum absolute atomic E-state index is 4.43. The Balaban J connectivity index is 1.77. The van der Waals surface area contributed by atoms with Crippen molar-refractivity contribution in [3.63, 3.8) is 0 Å². The van der Waals surface area contributed by atoms with Crippen LogP contribution in [0.5, 0.6) is 0 Å². The average molecular weight is 220 g/mol. The van der Waals surface area contributed by atoms with Gasteiger partial charge in [0.15, 0.2) is 5.82 Å². The molecule has 2 unspecified atom stereocenters. The van der Waals surface area contributed by atoms with Gasteiger partial charge in [-0.1, -0.05) is 6.92 Å². The van der Waals surface area contributed by atoms with Crippen molar-refractivity contribution in [3.05, 3.63) is 11.3 Å². The van der Waals surface area contributed by atoms with Gasteiger partial charge in [-0.2, -0.15) is 5.10 Å². The highest BCUT2D eigenvalue weighted by Crippen LogP contribution is 2.29. The molecule has 1 saturated heterocycles. The highest BCUT2D eigenvalue weighted by Gasteiger charge is 2.23. The average Bonchev–Trinajstić information content (AvgIpc) is 2.90. The molecule has 2 atom stereocenters. The van der Waals surface area contributed by atoms with E-state index >= 15 is 0 Å². The van der Waals surface area contributed by atoms with Crippen LogP contribution in [0.15, 0.2) is 0 Å². The topological polar surface area (TPSA) is 52.7 Å². The number of rotatable bonds is 2. The third kappa shape index (κ3) is 1.82. The highest BCUT2D eigenvalue weighted by molar-refractivity contribution is 5.48. The van der Waals surface area contributed by atoms with Gasteiger partial charge in [0.05, 0.1) is 0 Å². The molecule has 0 radical (unpaired) electrons. The van der Waals surface area contributed by atoms with Crippen LogP contribution in [0.1, 0.15) is 31.0 Å². The smallest absolute Gasteiger partial charge is 0.151 e. The second kappa shape index (κ2) is 4.09. The van der Waals surface area contributed by atoms with Gasteiger partial charge in [0, 0.05) is 23.8 Å². The van der Waals surface area contributed by atoms with E-state index in [4.69, 9.17) is 0 Å². The van der Waals surface area contributed by atoms with Crippen LogP contribution >= 0.6 is 0 Å². The van der Waals surface area contributed by atoms with Gasteiger partial charge < -0.3 is 10.6 Å². The summed E-state index contributed by atoms with van der Waals surface area (Å²) in [4.78, 5) is 0. The third-order valence-corrected chi connectivity index (χ3v) is 3.79. The Morgan fingerprint density at radius 3 is 3.12 bits per heavy atom. The third-order valence-electron chi connectivity index (χ3n) is 3.79. The quantitative estimate of drug-likeness (QED) is 0.704. The van der Waals surface area contributed by atoms with Crippen LogP contribution in [-0.4, -0.2) is 29.3 Å². The van der Waals surface area contributed by atoms with Crippen molar-refractivity contribution in [3.8, 4) is 0 Å². The van der Waals surface area contributed by atoms with Crippen molar-refractivity contribution in [2.45, 2.75) is 38.6 Å². The molecule has 1 aliphatic heterocycles. The number of aryl methyl sites for hydroxylation is 1. The number of fused-ring (bicyclic) bond motifs is 1. The Morgan fingerprint density at radius 2 is 2.31 bits per heavy atom. The van der Waals surface area contributed by atoms with Gasteiger partial charge in [-0.3, -0.25) is 5.10 Å². The number of anilines is 1. The van der Waals surface area contributed by atoms with E-state index < -0.39 is 0 Å². The summed E-state index contributed by atoms with van der Waals surface area (Å²) >= 11 is 0. The Labute approximate surface area is 96.2 Å². The minimum atomic E-state index is 0.560. The molecule has 4 heteroatoms. The fourth-order valence-electron chi connectivity index (χ4n) is 2.76. The zero-order valence-electron chi connectivity index (χ0n) is 9.84. The Kier molecular flexibility index (Phi) is 2.59. The van der Waals surface area contributed by atoms with E-state index in [1.54, 1.807) is 0 Å². The largest absolute Gasteiger partial charge is 0.364 e. The lowest BCUT2D eigenvalue weighted by Gasteiger charge is -2.19. The maximum atomic E-state index is 4.43. The molecule has 0 amide bonds. The zero-order chi connectivity index (χ0) is 11.0. The van der Waals surface area contributed by atoms with Gasteiger partial charge in [-0.25, -0.2) is 0 Å². The first-order valence-electron chi connectivity index (χ1n) is 6.36. The molecule has 1 aliphatic carbocycles. The second-order valence-electron chi connectivity index (χ2n) is 5.21. The number of nitrogens with one attached hydrogen (secondary N) is 3. The normalized spacial score (nSPS) is 29.1. The first-order valence-corrected chi connectivity index (χ1v) is 6.36. The van der Waals surface area contributed by atoms with Gasteiger partial charge in [-0.05, 0) is 38.1 Å². The first-order chi connectivity index (χ1) is 7.83. The molecular weight excluding hydrogens is 200 g/mol. The molecule has 2 aliphatic rings. The molecular formula is C12H20N4. The summed E-state index contributed by atoms with van der Waals surface area (Å²) in [6.07, 6.45) is 4.83. The Hall–Kier alpha value is -1.03. The molecule has 16 heavy (non-hydrogen) atoms. The summed E-state index contributed by atoms with van der Waals surface area (Å²) in [5.41, 5.74) is 2.79. The van der Waals surface area contributed by atoms with E-state index in [-0.39, 0.29) is 0 Å². The minimum absolute atomic E-state index is 0.560.